The number of hydrogen-bond donors (Lipinski definition) is 0. The number of nitro groups is 1. The molecule has 0 N–H and O–H groups in total. The molecule has 0 amide bonds. The van der Waals surface area contributed by atoms with Gasteiger partial charge < -0.3 is 0 Å². The number of halogens is 1. The number of Topliss-reactive ketones (excluding diaryl/α,β-unsaturated/α-hetero) is 1. The van der Waals surface area contributed by atoms with Gasteiger partial charge in [-0.25, -0.2) is 0 Å². The van der Waals surface area contributed by atoms with Crippen LogP contribution in [-0.2, 0) is 0 Å². The first-order chi connectivity index (χ1) is 10.5. The van der Waals surface area contributed by atoms with Gasteiger partial charge in [-0.05, 0) is 11.6 Å². The second-order valence-electron chi connectivity index (χ2n) is 5.16. The van der Waals surface area contributed by atoms with Crippen molar-refractivity contribution >= 4 is 17.4 Å². The van der Waals surface area contributed by atoms with E-state index in [9.17, 15) is 14.9 Å². The highest BCUT2D eigenvalue weighted by Gasteiger charge is 2.31. The van der Waals surface area contributed by atoms with Crippen LogP contribution >= 0.6 is 11.6 Å². The normalized spacial score (nSPS) is 13.4. The Hall–Kier alpha value is -2.20. The molecule has 2 unspecified atom stereocenters. The molecule has 2 aromatic carbocycles. The molecule has 0 saturated carbocycles. The molecule has 0 radical (unpaired) electrons. The number of rotatable bonds is 6. The molecule has 0 aliphatic carbocycles. The van der Waals surface area contributed by atoms with Crippen molar-refractivity contribution in [3.05, 3.63) is 80.9 Å². The number of nitrogens with zero attached hydrogens (tertiary/aromatic N) is 1. The third-order valence-corrected chi connectivity index (χ3v) is 4.07. The van der Waals surface area contributed by atoms with E-state index < -0.39 is 16.8 Å². The van der Waals surface area contributed by atoms with Crippen molar-refractivity contribution in [3.63, 3.8) is 0 Å². The Bertz CT molecular complexity index is 673. The fourth-order valence-electron chi connectivity index (χ4n) is 2.51. The number of hydrogen-bond acceptors (Lipinski definition) is 3. The molecule has 0 fully saturated rings. The second kappa shape index (κ2) is 7.18. The maximum atomic E-state index is 12.6. The van der Waals surface area contributed by atoms with Crippen molar-refractivity contribution in [2.45, 2.75) is 12.8 Å². The van der Waals surface area contributed by atoms with Gasteiger partial charge in [-0.15, -0.1) is 0 Å². The Labute approximate surface area is 133 Å². The molecule has 0 aliphatic rings. The van der Waals surface area contributed by atoms with Crippen LogP contribution in [0.5, 0.6) is 0 Å². The van der Waals surface area contributed by atoms with Crippen molar-refractivity contribution in [2.24, 2.45) is 5.92 Å². The highest BCUT2D eigenvalue weighted by Crippen LogP contribution is 2.32. The van der Waals surface area contributed by atoms with E-state index >= 15 is 0 Å². The van der Waals surface area contributed by atoms with Crippen LogP contribution in [-0.4, -0.2) is 17.3 Å². The predicted octanol–water partition coefficient (Wildman–Crippen LogP) is 4.22. The van der Waals surface area contributed by atoms with Gasteiger partial charge in [0.25, 0.3) is 0 Å². The average molecular weight is 318 g/mol. The standard InChI is InChI=1S/C17H16ClNO3/c1-12(17(20)13-7-3-2-4-8-13)15(11-19(21)22)14-9-5-6-10-16(14)18/h2-10,12,15H,11H2,1H3. The minimum atomic E-state index is -0.559. The van der Waals surface area contributed by atoms with Crippen LogP contribution in [0.1, 0.15) is 28.8 Å². The van der Waals surface area contributed by atoms with Crippen LogP contribution in [0.25, 0.3) is 0 Å². The number of carbonyl (C=O) groups excluding carboxylic acids is 1. The molecule has 0 heterocycles. The molecule has 4 nitrogen and oxygen atoms in total. The minimum absolute atomic E-state index is 0.118. The number of ketones is 1. The summed E-state index contributed by atoms with van der Waals surface area (Å²) in [5, 5.41) is 11.5. The summed E-state index contributed by atoms with van der Waals surface area (Å²) >= 11 is 6.16. The van der Waals surface area contributed by atoms with Gasteiger partial charge in [-0.3, -0.25) is 14.9 Å². The fourth-order valence-corrected chi connectivity index (χ4v) is 2.79. The summed E-state index contributed by atoms with van der Waals surface area (Å²) in [5.74, 6) is -1.21. The fraction of sp³-hybridized carbons (Fsp3) is 0.235. The van der Waals surface area contributed by atoms with Crippen LogP contribution in [0.15, 0.2) is 54.6 Å². The third kappa shape index (κ3) is 3.71. The summed E-state index contributed by atoms with van der Waals surface area (Å²) in [5.41, 5.74) is 1.19. The van der Waals surface area contributed by atoms with E-state index in [-0.39, 0.29) is 12.3 Å². The SMILES string of the molecule is CC(C(=O)c1ccccc1)C(C[N+](=O)[O-])c1ccccc1Cl. The van der Waals surface area contributed by atoms with Crippen molar-refractivity contribution in [1.82, 2.24) is 0 Å². The summed E-state index contributed by atoms with van der Waals surface area (Å²) < 4.78 is 0. The first-order valence-corrected chi connectivity index (χ1v) is 7.34. The van der Waals surface area contributed by atoms with Crippen LogP contribution < -0.4 is 0 Å². The van der Waals surface area contributed by atoms with E-state index in [2.05, 4.69) is 0 Å². The molecule has 0 aromatic heterocycles. The molecule has 5 heteroatoms. The zero-order valence-corrected chi connectivity index (χ0v) is 12.9. The van der Waals surface area contributed by atoms with E-state index in [0.717, 1.165) is 0 Å². The Morgan fingerprint density at radius 2 is 1.73 bits per heavy atom. The summed E-state index contributed by atoms with van der Waals surface area (Å²) in [6.45, 7) is 1.39. The zero-order valence-electron chi connectivity index (χ0n) is 12.1. The lowest BCUT2D eigenvalue weighted by molar-refractivity contribution is -0.484. The van der Waals surface area contributed by atoms with E-state index in [1.54, 1.807) is 55.5 Å². The van der Waals surface area contributed by atoms with Crippen molar-refractivity contribution in [3.8, 4) is 0 Å². The smallest absolute Gasteiger partial charge is 0.211 e. The quantitative estimate of drug-likeness (QED) is 0.455. The molecule has 0 bridgehead atoms. The molecular formula is C17H16ClNO3. The highest BCUT2D eigenvalue weighted by molar-refractivity contribution is 6.31. The molecule has 0 spiro atoms. The monoisotopic (exact) mass is 317 g/mol. The van der Waals surface area contributed by atoms with Crippen LogP contribution in [0.3, 0.4) is 0 Å². The first-order valence-electron chi connectivity index (χ1n) is 6.96. The van der Waals surface area contributed by atoms with Gasteiger partial charge in [0, 0.05) is 21.4 Å². The first kappa shape index (κ1) is 16.2. The van der Waals surface area contributed by atoms with E-state index in [4.69, 9.17) is 11.6 Å². The van der Waals surface area contributed by atoms with Gasteiger partial charge >= 0.3 is 0 Å². The number of benzene rings is 2. The topological polar surface area (TPSA) is 60.2 Å². The van der Waals surface area contributed by atoms with Crippen molar-refractivity contribution in [1.29, 1.82) is 0 Å². The Kier molecular flexibility index (Phi) is 5.28. The molecule has 2 aromatic rings. The predicted molar refractivity (Wildman–Crippen MR) is 86.0 cm³/mol. The minimum Gasteiger partial charge on any atom is -0.294 e. The number of carbonyl (C=O) groups is 1. The molecule has 22 heavy (non-hydrogen) atoms. The largest absolute Gasteiger partial charge is 0.294 e. The lowest BCUT2D eigenvalue weighted by Crippen LogP contribution is -2.26. The molecular weight excluding hydrogens is 302 g/mol. The van der Waals surface area contributed by atoms with Gasteiger partial charge in [0.15, 0.2) is 5.78 Å². The highest BCUT2D eigenvalue weighted by atomic mass is 35.5. The van der Waals surface area contributed by atoms with Gasteiger partial charge in [-0.1, -0.05) is 67.1 Å². The third-order valence-electron chi connectivity index (χ3n) is 3.73. The average Bonchev–Trinajstić information content (AvgIpc) is 2.52. The summed E-state index contributed by atoms with van der Waals surface area (Å²) in [7, 11) is 0. The van der Waals surface area contributed by atoms with Crippen LogP contribution in [0.4, 0.5) is 0 Å². The zero-order chi connectivity index (χ0) is 16.1. The van der Waals surface area contributed by atoms with Gasteiger partial charge in [0.05, 0.1) is 5.92 Å². The molecule has 0 aliphatic heterocycles. The Balaban J connectivity index is 2.35. The van der Waals surface area contributed by atoms with Crippen molar-refractivity contribution < 1.29 is 9.72 Å². The molecule has 2 rings (SSSR count). The maximum Gasteiger partial charge on any atom is 0.211 e. The van der Waals surface area contributed by atoms with Gasteiger partial charge in [-0.2, -0.15) is 0 Å². The summed E-state index contributed by atoms with van der Waals surface area (Å²) in [6.07, 6.45) is 0. The molecule has 2 atom stereocenters. The lowest BCUT2D eigenvalue weighted by Gasteiger charge is -2.21. The van der Waals surface area contributed by atoms with Gasteiger partial charge in [0.1, 0.15) is 0 Å². The summed E-state index contributed by atoms with van der Waals surface area (Å²) in [4.78, 5) is 23.2. The molecule has 114 valence electrons. The Morgan fingerprint density at radius 1 is 1.14 bits per heavy atom. The van der Waals surface area contributed by atoms with Crippen LogP contribution in [0.2, 0.25) is 5.02 Å². The van der Waals surface area contributed by atoms with E-state index in [1.165, 1.54) is 0 Å². The van der Waals surface area contributed by atoms with E-state index in [1.807, 2.05) is 6.07 Å². The lowest BCUT2D eigenvalue weighted by atomic mass is 9.82. The van der Waals surface area contributed by atoms with E-state index in [0.29, 0.717) is 16.1 Å². The van der Waals surface area contributed by atoms with Crippen molar-refractivity contribution in [2.75, 3.05) is 6.54 Å². The molecule has 0 saturated heterocycles. The maximum absolute atomic E-state index is 12.6. The van der Waals surface area contributed by atoms with Gasteiger partial charge in [0.2, 0.25) is 6.54 Å². The second-order valence-corrected chi connectivity index (χ2v) is 5.57. The summed E-state index contributed by atoms with van der Waals surface area (Å²) in [6, 6.07) is 15.8. The van der Waals surface area contributed by atoms with Crippen LogP contribution in [0, 0.1) is 16.0 Å². The Morgan fingerprint density at radius 3 is 2.32 bits per heavy atom.